The SMILES string of the molecule is Cc1ccc(S(=O)(=O)N2CCC(c3nc(C(=O)NNC(=O)c4cccc(Cl)c4)cs3)CC2)cc1Cl. The summed E-state index contributed by atoms with van der Waals surface area (Å²) in [7, 11) is -3.64. The third kappa shape index (κ3) is 5.84. The molecule has 1 aliphatic rings. The van der Waals surface area contributed by atoms with Gasteiger partial charge in [0.15, 0.2) is 0 Å². The number of carbonyl (C=O) groups is 2. The van der Waals surface area contributed by atoms with Gasteiger partial charge in [0.1, 0.15) is 5.69 Å². The molecule has 0 aliphatic carbocycles. The minimum Gasteiger partial charge on any atom is -0.267 e. The van der Waals surface area contributed by atoms with E-state index >= 15 is 0 Å². The highest BCUT2D eigenvalue weighted by molar-refractivity contribution is 7.89. The number of halogens is 2. The number of hydrazine groups is 1. The Morgan fingerprint density at radius 3 is 2.46 bits per heavy atom. The molecule has 35 heavy (non-hydrogen) atoms. The first kappa shape index (κ1) is 25.6. The first-order valence-electron chi connectivity index (χ1n) is 10.7. The van der Waals surface area contributed by atoms with Gasteiger partial charge in [-0.1, -0.05) is 35.3 Å². The number of hydrogen-bond donors (Lipinski definition) is 2. The van der Waals surface area contributed by atoms with Crippen molar-refractivity contribution in [3.8, 4) is 0 Å². The van der Waals surface area contributed by atoms with Gasteiger partial charge in [-0.3, -0.25) is 20.4 Å². The summed E-state index contributed by atoms with van der Waals surface area (Å²) < 4.78 is 27.4. The number of nitrogens with one attached hydrogen (secondary N) is 2. The molecule has 184 valence electrons. The number of piperidine rings is 1. The number of rotatable bonds is 5. The predicted molar refractivity (Wildman–Crippen MR) is 135 cm³/mol. The van der Waals surface area contributed by atoms with Crippen LogP contribution in [0.1, 0.15) is 50.2 Å². The lowest BCUT2D eigenvalue weighted by Crippen LogP contribution is -2.41. The average Bonchev–Trinajstić information content (AvgIpc) is 3.34. The molecule has 0 atom stereocenters. The standard InChI is InChI=1S/C23H22Cl2N4O4S2/c1-14-5-6-18(12-19(14)25)35(32,33)29-9-7-15(8-10-29)23-26-20(13-34-23)22(31)28-27-21(30)16-3-2-4-17(24)11-16/h2-6,11-13,15H,7-10H2,1H3,(H,27,30)(H,28,31). The fraction of sp³-hybridized carbons (Fsp3) is 0.261. The molecule has 0 radical (unpaired) electrons. The smallest absolute Gasteiger partial charge is 0.267 e. The second-order valence-electron chi connectivity index (χ2n) is 8.08. The Morgan fingerprint density at radius 1 is 1.06 bits per heavy atom. The van der Waals surface area contributed by atoms with Gasteiger partial charge in [0.05, 0.1) is 9.90 Å². The third-order valence-electron chi connectivity index (χ3n) is 5.72. The largest absolute Gasteiger partial charge is 0.289 e. The number of amides is 2. The summed E-state index contributed by atoms with van der Waals surface area (Å²) in [5.74, 6) is -1.01. The maximum absolute atomic E-state index is 13.0. The molecule has 1 fully saturated rings. The van der Waals surface area contributed by atoms with Gasteiger partial charge in [0.2, 0.25) is 10.0 Å². The Labute approximate surface area is 217 Å². The van der Waals surface area contributed by atoms with Crippen LogP contribution in [-0.4, -0.2) is 42.6 Å². The molecule has 3 aromatic rings. The van der Waals surface area contributed by atoms with Crippen LogP contribution in [-0.2, 0) is 10.0 Å². The van der Waals surface area contributed by atoms with Crippen LogP contribution in [0, 0.1) is 6.92 Å². The van der Waals surface area contributed by atoms with E-state index in [1.54, 1.807) is 35.7 Å². The van der Waals surface area contributed by atoms with E-state index in [0.717, 1.165) is 10.6 Å². The molecular weight excluding hydrogens is 531 g/mol. The molecule has 12 heteroatoms. The van der Waals surface area contributed by atoms with Crippen molar-refractivity contribution in [1.29, 1.82) is 0 Å². The highest BCUT2D eigenvalue weighted by Crippen LogP contribution is 2.33. The molecule has 1 aliphatic heterocycles. The van der Waals surface area contributed by atoms with E-state index in [4.69, 9.17) is 23.2 Å². The van der Waals surface area contributed by atoms with Gasteiger partial charge in [0, 0.05) is 40.0 Å². The van der Waals surface area contributed by atoms with E-state index in [2.05, 4.69) is 15.8 Å². The third-order valence-corrected chi connectivity index (χ3v) is 9.26. The van der Waals surface area contributed by atoms with E-state index in [9.17, 15) is 18.0 Å². The second kappa shape index (κ2) is 10.6. The van der Waals surface area contributed by atoms with E-state index in [-0.39, 0.29) is 16.5 Å². The van der Waals surface area contributed by atoms with Crippen LogP contribution in [0.4, 0.5) is 0 Å². The first-order valence-corrected chi connectivity index (χ1v) is 13.8. The number of sulfonamides is 1. The number of hydrogen-bond acceptors (Lipinski definition) is 6. The van der Waals surface area contributed by atoms with E-state index in [0.29, 0.717) is 41.5 Å². The van der Waals surface area contributed by atoms with Crippen LogP contribution in [0.5, 0.6) is 0 Å². The lowest BCUT2D eigenvalue weighted by molar-refractivity contribution is 0.0844. The van der Waals surface area contributed by atoms with Crippen molar-refractivity contribution >= 4 is 56.4 Å². The molecule has 2 heterocycles. The van der Waals surface area contributed by atoms with Gasteiger partial charge in [0.25, 0.3) is 11.8 Å². The lowest BCUT2D eigenvalue weighted by atomic mass is 9.99. The second-order valence-corrected chi connectivity index (χ2v) is 11.8. The summed E-state index contributed by atoms with van der Waals surface area (Å²) in [5.41, 5.74) is 6.00. The van der Waals surface area contributed by atoms with Gasteiger partial charge in [-0.15, -0.1) is 11.3 Å². The van der Waals surface area contributed by atoms with E-state index < -0.39 is 21.8 Å². The van der Waals surface area contributed by atoms with Crippen LogP contribution in [0.3, 0.4) is 0 Å². The molecule has 2 amide bonds. The Bertz CT molecular complexity index is 1370. The zero-order chi connectivity index (χ0) is 25.2. The summed E-state index contributed by atoms with van der Waals surface area (Å²) in [5, 5.41) is 3.20. The van der Waals surface area contributed by atoms with E-state index in [1.807, 2.05) is 6.92 Å². The highest BCUT2D eigenvalue weighted by Gasteiger charge is 2.31. The Kier molecular flexibility index (Phi) is 7.77. The summed E-state index contributed by atoms with van der Waals surface area (Å²) in [4.78, 5) is 29.2. The number of aromatic nitrogens is 1. The number of carbonyl (C=O) groups excluding carboxylic acids is 2. The van der Waals surface area contributed by atoms with Crippen molar-refractivity contribution in [1.82, 2.24) is 20.1 Å². The van der Waals surface area contributed by atoms with Crippen LogP contribution in [0.25, 0.3) is 0 Å². The predicted octanol–water partition coefficient (Wildman–Crippen LogP) is 4.40. The molecule has 8 nitrogen and oxygen atoms in total. The number of thiazole rings is 1. The summed E-state index contributed by atoms with van der Waals surface area (Å²) in [6, 6.07) is 11.1. The van der Waals surface area contributed by atoms with Gasteiger partial charge >= 0.3 is 0 Å². The summed E-state index contributed by atoms with van der Waals surface area (Å²) in [6.07, 6.45) is 1.16. The number of nitrogens with zero attached hydrogens (tertiary/aromatic N) is 2. The minimum absolute atomic E-state index is 0.0376. The van der Waals surface area contributed by atoms with Crippen LogP contribution in [0.15, 0.2) is 52.7 Å². The molecule has 1 aromatic heterocycles. The number of benzene rings is 2. The highest BCUT2D eigenvalue weighted by atomic mass is 35.5. The topological polar surface area (TPSA) is 108 Å². The van der Waals surface area contributed by atoms with Crippen molar-refractivity contribution < 1.29 is 18.0 Å². The average molecular weight is 553 g/mol. The molecular formula is C23H22Cl2N4O4S2. The minimum atomic E-state index is -3.64. The van der Waals surface area contributed by atoms with Gasteiger partial charge in [-0.2, -0.15) is 4.31 Å². The van der Waals surface area contributed by atoms with Crippen molar-refractivity contribution in [3.63, 3.8) is 0 Å². The van der Waals surface area contributed by atoms with Crippen molar-refractivity contribution in [2.45, 2.75) is 30.6 Å². The zero-order valence-electron chi connectivity index (χ0n) is 18.6. The fourth-order valence-corrected chi connectivity index (χ4v) is 6.59. The van der Waals surface area contributed by atoms with Crippen LogP contribution in [0.2, 0.25) is 10.0 Å². The molecule has 0 unspecified atom stereocenters. The van der Waals surface area contributed by atoms with Crippen LogP contribution >= 0.6 is 34.5 Å². The quantitative estimate of drug-likeness (QED) is 0.456. The van der Waals surface area contributed by atoms with E-state index in [1.165, 1.54) is 27.8 Å². The number of aryl methyl sites for hydroxylation is 1. The Hall–Kier alpha value is -2.50. The molecule has 2 aromatic carbocycles. The first-order chi connectivity index (χ1) is 16.6. The molecule has 4 rings (SSSR count). The van der Waals surface area contributed by atoms with Gasteiger partial charge < -0.3 is 0 Å². The van der Waals surface area contributed by atoms with Crippen LogP contribution < -0.4 is 10.9 Å². The van der Waals surface area contributed by atoms with Crippen molar-refractivity contribution in [3.05, 3.63) is 79.7 Å². The lowest BCUT2D eigenvalue weighted by Gasteiger charge is -2.30. The van der Waals surface area contributed by atoms with Crippen molar-refractivity contribution in [2.24, 2.45) is 0 Å². The maximum atomic E-state index is 13.0. The van der Waals surface area contributed by atoms with Gasteiger partial charge in [-0.05, 0) is 55.7 Å². The Morgan fingerprint density at radius 2 is 1.77 bits per heavy atom. The molecule has 1 saturated heterocycles. The molecule has 2 N–H and O–H groups in total. The summed E-state index contributed by atoms with van der Waals surface area (Å²) >= 11 is 13.3. The molecule has 0 bridgehead atoms. The van der Waals surface area contributed by atoms with Gasteiger partial charge in [-0.25, -0.2) is 13.4 Å². The zero-order valence-corrected chi connectivity index (χ0v) is 21.8. The fourth-order valence-electron chi connectivity index (χ4n) is 3.69. The molecule has 0 saturated carbocycles. The normalized spacial score (nSPS) is 15.1. The monoisotopic (exact) mass is 552 g/mol. The molecule has 0 spiro atoms. The Balaban J connectivity index is 1.33. The maximum Gasteiger partial charge on any atom is 0.289 e. The summed E-state index contributed by atoms with van der Waals surface area (Å²) in [6.45, 7) is 2.50. The van der Waals surface area contributed by atoms with Crippen molar-refractivity contribution in [2.75, 3.05) is 13.1 Å².